The summed E-state index contributed by atoms with van der Waals surface area (Å²) in [6.45, 7) is 0. The molecule has 0 bridgehead atoms. The fourth-order valence-electron chi connectivity index (χ4n) is 2.61. The maximum Gasteiger partial charge on any atom is 0.446 e. The Labute approximate surface area is 158 Å². The Morgan fingerprint density at radius 2 is 1.64 bits per heavy atom. The van der Waals surface area contributed by atoms with Crippen LogP contribution in [0.15, 0.2) is 39.5 Å². The molecular formula is C17H14O10S. The summed E-state index contributed by atoms with van der Waals surface area (Å²) in [6.07, 6.45) is 0. The number of fused-ring (bicyclic) bond motifs is 1. The maximum atomic E-state index is 12.9. The Morgan fingerprint density at radius 1 is 1.00 bits per heavy atom. The first kappa shape index (κ1) is 19.3. The van der Waals surface area contributed by atoms with Crippen LogP contribution in [-0.4, -0.2) is 37.4 Å². The highest BCUT2D eigenvalue weighted by atomic mass is 32.3. The van der Waals surface area contributed by atoms with Gasteiger partial charge >= 0.3 is 10.4 Å². The number of aromatic hydroxyl groups is 2. The number of hydrogen-bond donors (Lipinski definition) is 3. The molecule has 0 aliphatic carbocycles. The zero-order valence-corrected chi connectivity index (χ0v) is 15.3. The molecule has 11 heteroatoms. The molecule has 0 saturated heterocycles. The van der Waals surface area contributed by atoms with Gasteiger partial charge in [0.1, 0.15) is 16.7 Å². The lowest BCUT2D eigenvalue weighted by molar-refractivity contribution is 0.334. The van der Waals surface area contributed by atoms with Gasteiger partial charge < -0.3 is 28.3 Å². The largest absolute Gasteiger partial charge is 0.508 e. The van der Waals surface area contributed by atoms with Crippen molar-refractivity contribution in [2.75, 3.05) is 14.2 Å². The van der Waals surface area contributed by atoms with E-state index in [0.29, 0.717) is 0 Å². The zero-order valence-electron chi connectivity index (χ0n) is 14.5. The van der Waals surface area contributed by atoms with E-state index in [1.54, 1.807) is 0 Å². The van der Waals surface area contributed by atoms with Crippen LogP contribution in [0, 0.1) is 0 Å². The molecular weight excluding hydrogens is 396 g/mol. The molecule has 10 nitrogen and oxygen atoms in total. The number of hydrogen-bond acceptors (Lipinski definition) is 9. The van der Waals surface area contributed by atoms with Crippen LogP contribution >= 0.6 is 0 Å². The van der Waals surface area contributed by atoms with E-state index in [2.05, 4.69) is 4.18 Å². The lowest BCUT2D eigenvalue weighted by Crippen LogP contribution is -2.16. The number of rotatable bonds is 5. The first-order valence-corrected chi connectivity index (χ1v) is 8.93. The third kappa shape index (κ3) is 3.40. The second kappa shape index (κ2) is 6.94. The topological polar surface area (TPSA) is 153 Å². The lowest BCUT2D eigenvalue weighted by Gasteiger charge is -2.14. The van der Waals surface area contributed by atoms with Crippen molar-refractivity contribution in [3.05, 3.63) is 40.6 Å². The summed E-state index contributed by atoms with van der Waals surface area (Å²) in [6, 6.07) is 6.45. The van der Waals surface area contributed by atoms with Gasteiger partial charge in [-0.3, -0.25) is 9.35 Å². The summed E-state index contributed by atoms with van der Waals surface area (Å²) in [7, 11) is -2.56. The molecule has 3 N–H and O–H groups in total. The average molecular weight is 410 g/mol. The smallest absolute Gasteiger partial charge is 0.446 e. The van der Waals surface area contributed by atoms with Gasteiger partial charge in [0.2, 0.25) is 16.9 Å². The Kier molecular flexibility index (Phi) is 4.79. The summed E-state index contributed by atoms with van der Waals surface area (Å²) in [5, 5.41) is 19.4. The van der Waals surface area contributed by atoms with Crippen molar-refractivity contribution in [1.29, 1.82) is 0 Å². The molecule has 0 unspecified atom stereocenters. The molecule has 0 aliphatic heterocycles. The van der Waals surface area contributed by atoms with Gasteiger partial charge in [0.05, 0.1) is 14.2 Å². The van der Waals surface area contributed by atoms with Crippen LogP contribution in [0.5, 0.6) is 28.7 Å². The second-order valence-corrected chi connectivity index (χ2v) is 6.50. The summed E-state index contributed by atoms with van der Waals surface area (Å²) >= 11 is 0. The third-order valence-corrected chi connectivity index (χ3v) is 4.16. The Bertz CT molecular complexity index is 1210. The minimum Gasteiger partial charge on any atom is -0.508 e. The molecule has 28 heavy (non-hydrogen) atoms. The van der Waals surface area contributed by atoms with Crippen LogP contribution in [0.1, 0.15) is 0 Å². The van der Waals surface area contributed by atoms with Gasteiger partial charge in [-0.1, -0.05) is 0 Å². The van der Waals surface area contributed by atoms with E-state index >= 15 is 0 Å². The molecule has 0 saturated carbocycles. The van der Waals surface area contributed by atoms with Gasteiger partial charge in [-0.25, -0.2) is 0 Å². The van der Waals surface area contributed by atoms with Crippen LogP contribution in [-0.2, 0) is 10.4 Å². The number of methoxy groups -OCH3 is 2. The molecule has 3 aromatic rings. The highest BCUT2D eigenvalue weighted by Crippen LogP contribution is 2.43. The predicted octanol–water partition coefficient (Wildman–Crippen LogP) is 2.07. The van der Waals surface area contributed by atoms with Crippen molar-refractivity contribution in [1.82, 2.24) is 0 Å². The van der Waals surface area contributed by atoms with Gasteiger partial charge in [0.25, 0.3) is 0 Å². The van der Waals surface area contributed by atoms with Gasteiger partial charge in [0.15, 0.2) is 17.3 Å². The molecule has 0 spiro atoms. The normalized spacial score (nSPS) is 11.4. The molecule has 0 atom stereocenters. The summed E-state index contributed by atoms with van der Waals surface area (Å²) < 4.78 is 51.6. The van der Waals surface area contributed by atoms with Crippen molar-refractivity contribution >= 4 is 21.4 Å². The van der Waals surface area contributed by atoms with Gasteiger partial charge in [0, 0.05) is 11.6 Å². The fourth-order valence-corrected chi connectivity index (χ4v) is 2.97. The highest BCUT2D eigenvalue weighted by molar-refractivity contribution is 7.81. The number of phenols is 2. The van der Waals surface area contributed by atoms with Crippen LogP contribution in [0.25, 0.3) is 22.3 Å². The van der Waals surface area contributed by atoms with Gasteiger partial charge in [-0.05, 0) is 24.3 Å². The van der Waals surface area contributed by atoms with Crippen molar-refractivity contribution in [3.8, 4) is 40.1 Å². The fraction of sp³-hybridized carbons (Fsp3) is 0.118. The van der Waals surface area contributed by atoms with Crippen molar-refractivity contribution in [2.24, 2.45) is 0 Å². The van der Waals surface area contributed by atoms with Crippen molar-refractivity contribution < 1.29 is 41.3 Å². The van der Waals surface area contributed by atoms with E-state index in [1.807, 2.05) is 0 Å². The Hall–Kier alpha value is -3.44. The van der Waals surface area contributed by atoms with Crippen LogP contribution in [0.4, 0.5) is 0 Å². The molecule has 2 aromatic carbocycles. The molecule has 0 radical (unpaired) electrons. The highest BCUT2D eigenvalue weighted by Gasteiger charge is 2.26. The molecule has 148 valence electrons. The predicted molar refractivity (Wildman–Crippen MR) is 96.5 cm³/mol. The first-order valence-electron chi connectivity index (χ1n) is 7.57. The lowest BCUT2D eigenvalue weighted by atomic mass is 10.1. The Balaban J connectivity index is 2.46. The van der Waals surface area contributed by atoms with E-state index in [1.165, 1.54) is 44.6 Å². The minimum absolute atomic E-state index is 0.0516. The van der Waals surface area contributed by atoms with E-state index in [4.69, 9.17) is 18.4 Å². The van der Waals surface area contributed by atoms with Crippen LogP contribution in [0.2, 0.25) is 0 Å². The maximum absolute atomic E-state index is 12.9. The quantitative estimate of drug-likeness (QED) is 0.533. The molecule has 1 heterocycles. The van der Waals surface area contributed by atoms with E-state index in [0.717, 1.165) is 0 Å². The van der Waals surface area contributed by atoms with Crippen molar-refractivity contribution in [3.63, 3.8) is 0 Å². The number of benzene rings is 2. The zero-order chi connectivity index (χ0) is 20.6. The minimum atomic E-state index is -5.10. The summed E-state index contributed by atoms with van der Waals surface area (Å²) in [4.78, 5) is 12.9. The van der Waals surface area contributed by atoms with Gasteiger partial charge in [-0.15, -0.1) is 0 Å². The molecule has 0 fully saturated rings. The van der Waals surface area contributed by atoms with Crippen molar-refractivity contribution in [2.45, 2.75) is 0 Å². The average Bonchev–Trinajstić information content (AvgIpc) is 2.63. The monoisotopic (exact) mass is 410 g/mol. The van der Waals surface area contributed by atoms with Crippen LogP contribution < -0.4 is 19.1 Å². The third-order valence-electron chi connectivity index (χ3n) is 3.78. The van der Waals surface area contributed by atoms with E-state index < -0.39 is 32.7 Å². The molecule has 3 rings (SSSR count). The standard InChI is InChI=1S/C17H14O10S/c1-24-11-7-10-12(13(19)16(11)25-2)14(20)17(27-28(21,22)23)15(26-10)8-3-5-9(18)6-4-8/h3-7,18-19H,1-2H3,(H,21,22,23). The molecule has 0 aliphatic rings. The van der Waals surface area contributed by atoms with Gasteiger partial charge in [-0.2, -0.15) is 8.42 Å². The SMILES string of the molecule is COc1cc2oc(-c3ccc(O)cc3)c(OS(=O)(=O)O)c(=O)c2c(O)c1OC. The number of ether oxygens (including phenoxy) is 2. The molecule has 0 amide bonds. The second-order valence-electron chi connectivity index (χ2n) is 5.48. The number of phenolic OH excluding ortho intramolecular Hbond substituents is 2. The summed E-state index contributed by atoms with van der Waals surface area (Å²) in [5.41, 5.74) is -1.09. The Morgan fingerprint density at radius 3 is 2.18 bits per heavy atom. The van der Waals surface area contributed by atoms with E-state index in [-0.39, 0.29) is 34.2 Å². The van der Waals surface area contributed by atoms with E-state index in [9.17, 15) is 23.4 Å². The van der Waals surface area contributed by atoms with Crippen LogP contribution in [0.3, 0.4) is 0 Å². The molecule has 1 aromatic heterocycles. The first-order chi connectivity index (χ1) is 13.2. The summed E-state index contributed by atoms with van der Waals surface area (Å²) in [5.74, 6) is -2.13.